The Bertz CT molecular complexity index is 817. The first-order valence-corrected chi connectivity index (χ1v) is 7.40. The van der Waals surface area contributed by atoms with Crippen LogP contribution < -0.4 is 5.56 Å². The molecule has 2 rings (SSSR count). The van der Waals surface area contributed by atoms with Gasteiger partial charge in [0.05, 0.1) is 17.7 Å². The smallest absolute Gasteiger partial charge is 0.285 e. The van der Waals surface area contributed by atoms with E-state index in [-0.39, 0.29) is 18.0 Å². The van der Waals surface area contributed by atoms with Gasteiger partial charge in [0.25, 0.3) is 11.2 Å². The van der Waals surface area contributed by atoms with Gasteiger partial charge in [-0.1, -0.05) is 6.92 Å². The third-order valence-corrected chi connectivity index (χ3v) is 3.81. The molecule has 2 aromatic rings. The number of pyridine rings is 1. The highest BCUT2D eigenvalue weighted by Crippen LogP contribution is 2.17. The summed E-state index contributed by atoms with van der Waals surface area (Å²) in [4.78, 5) is 34.5. The highest BCUT2D eigenvalue weighted by molar-refractivity contribution is 5.97. The number of rotatable bonds is 6. The summed E-state index contributed by atoms with van der Waals surface area (Å²) in [7, 11) is 0. The fraction of sp³-hybridized carbons (Fsp3) is 0.375. The number of nitro groups is 1. The normalized spacial score (nSPS) is 10.7. The average molecular weight is 317 g/mol. The van der Waals surface area contributed by atoms with E-state index in [1.807, 2.05) is 13.8 Å². The van der Waals surface area contributed by atoms with Crippen molar-refractivity contribution in [1.82, 2.24) is 9.13 Å². The van der Waals surface area contributed by atoms with Gasteiger partial charge in [0.1, 0.15) is 0 Å². The van der Waals surface area contributed by atoms with Crippen LogP contribution in [0.5, 0.6) is 0 Å². The third kappa shape index (κ3) is 3.39. The molecule has 0 aliphatic carbocycles. The lowest BCUT2D eigenvalue weighted by atomic mass is 10.1. The fourth-order valence-electron chi connectivity index (χ4n) is 2.64. The zero-order valence-corrected chi connectivity index (χ0v) is 13.4. The van der Waals surface area contributed by atoms with Crippen molar-refractivity contribution in [2.24, 2.45) is 0 Å². The molecule has 122 valence electrons. The largest absolute Gasteiger partial charge is 0.348 e. The Morgan fingerprint density at radius 3 is 2.61 bits per heavy atom. The monoisotopic (exact) mass is 317 g/mol. The Kier molecular flexibility index (Phi) is 4.78. The van der Waals surface area contributed by atoms with Gasteiger partial charge in [-0.05, 0) is 26.3 Å². The summed E-state index contributed by atoms with van der Waals surface area (Å²) in [6.45, 7) is 6.47. The van der Waals surface area contributed by atoms with E-state index < -0.39 is 10.5 Å². The van der Waals surface area contributed by atoms with E-state index in [9.17, 15) is 19.7 Å². The van der Waals surface area contributed by atoms with Gasteiger partial charge in [0, 0.05) is 35.6 Å². The Morgan fingerprint density at radius 2 is 2.00 bits per heavy atom. The number of carbonyl (C=O) groups is 1. The Hall–Kier alpha value is -2.70. The van der Waals surface area contributed by atoms with Crippen molar-refractivity contribution in [3.8, 4) is 0 Å². The number of Topliss-reactive ketones (excluding diaryl/α,β-unsaturated/α-hetero) is 1. The van der Waals surface area contributed by atoms with Crippen LogP contribution in [-0.2, 0) is 13.1 Å². The van der Waals surface area contributed by atoms with Crippen LogP contribution in [0, 0.1) is 24.0 Å². The molecule has 0 saturated heterocycles. The van der Waals surface area contributed by atoms with Crippen molar-refractivity contribution in [2.45, 2.75) is 40.3 Å². The molecule has 0 saturated carbocycles. The molecule has 0 aliphatic rings. The maximum atomic E-state index is 12.5. The standard InChI is InChI=1S/C16H19N3O4/c1-4-7-18-11(2)8-14(12(18)3)15(20)10-17-9-13(19(22)23)5-6-16(17)21/h5-6,8-9H,4,7,10H2,1-3H3. The van der Waals surface area contributed by atoms with Crippen molar-refractivity contribution >= 4 is 11.5 Å². The second-order valence-electron chi connectivity index (χ2n) is 5.47. The average Bonchev–Trinajstić information content (AvgIpc) is 2.78. The van der Waals surface area contributed by atoms with Gasteiger partial charge < -0.3 is 9.13 Å². The Labute approximate surface area is 133 Å². The molecule has 2 heterocycles. The Morgan fingerprint density at radius 1 is 1.30 bits per heavy atom. The summed E-state index contributed by atoms with van der Waals surface area (Å²) in [6, 6.07) is 4.04. The van der Waals surface area contributed by atoms with E-state index in [0.29, 0.717) is 5.56 Å². The molecule has 7 heteroatoms. The molecule has 2 aromatic heterocycles. The van der Waals surface area contributed by atoms with Crippen LogP contribution in [-0.4, -0.2) is 19.8 Å². The summed E-state index contributed by atoms with van der Waals surface area (Å²) in [6.07, 6.45) is 2.06. The quantitative estimate of drug-likeness (QED) is 0.465. The van der Waals surface area contributed by atoms with Gasteiger partial charge in [0.15, 0.2) is 5.78 Å². The van der Waals surface area contributed by atoms with Crippen molar-refractivity contribution in [3.63, 3.8) is 0 Å². The molecule has 0 N–H and O–H groups in total. The fourth-order valence-corrected chi connectivity index (χ4v) is 2.64. The predicted octanol–water partition coefficient (Wildman–Crippen LogP) is 2.47. The highest BCUT2D eigenvalue weighted by atomic mass is 16.6. The first kappa shape index (κ1) is 16.7. The summed E-state index contributed by atoms with van der Waals surface area (Å²) >= 11 is 0. The minimum absolute atomic E-state index is 0.211. The second-order valence-corrected chi connectivity index (χ2v) is 5.47. The maximum Gasteiger partial charge on any atom is 0.285 e. The molecule has 0 bridgehead atoms. The van der Waals surface area contributed by atoms with Gasteiger partial charge in [-0.3, -0.25) is 19.7 Å². The number of hydrogen-bond acceptors (Lipinski definition) is 4. The van der Waals surface area contributed by atoms with Crippen LogP contribution in [0.4, 0.5) is 5.69 Å². The molecule has 0 spiro atoms. The summed E-state index contributed by atoms with van der Waals surface area (Å²) in [5.41, 5.74) is 1.74. The van der Waals surface area contributed by atoms with E-state index in [0.717, 1.165) is 47.3 Å². The number of aryl methyl sites for hydroxylation is 1. The van der Waals surface area contributed by atoms with E-state index in [4.69, 9.17) is 0 Å². The van der Waals surface area contributed by atoms with Crippen LogP contribution in [0.3, 0.4) is 0 Å². The first-order valence-electron chi connectivity index (χ1n) is 7.40. The first-order chi connectivity index (χ1) is 10.8. The van der Waals surface area contributed by atoms with Crippen LogP contribution in [0.1, 0.15) is 35.1 Å². The lowest BCUT2D eigenvalue weighted by molar-refractivity contribution is -0.385. The molecule has 23 heavy (non-hydrogen) atoms. The molecule has 7 nitrogen and oxygen atoms in total. The van der Waals surface area contributed by atoms with Crippen molar-refractivity contribution in [2.75, 3.05) is 0 Å². The number of aromatic nitrogens is 2. The van der Waals surface area contributed by atoms with Crippen molar-refractivity contribution < 1.29 is 9.72 Å². The molecule has 0 atom stereocenters. The van der Waals surface area contributed by atoms with Gasteiger partial charge in [-0.25, -0.2) is 0 Å². The lowest BCUT2D eigenvalue weighted by Crippen LogP contribution is -2.23. The molecule has 0 radical (unpaired) electrons. The third-order valence-electron chi connectivity index (χ3n) is 3.81. The van der Waals surface area contributed by atoms with Crippen LogP contribution in [0.25, 0.3) is 0 Å². The number of ketones is 1. The molecule has 0 fully saturated rings. The molecule has 0 aromatic carbocycles. The molecule has 0 aliphatic heterocycles. The van der Waals surface area contributed by atoms with Gasteiger partial charge >= 0.3 is 0 Å². The SMILES string of the molecule is CCCn1c(C)cc(C(=O)Cn2cc([N+](=O)[O-])ccc2=O)c1C. The number of hydrogen-bond donors (Lipinski definition) is 0. The van der Waals surface area contributed by atoms with Gasteiger partial charge in [-0.2, -0.15) is 0 Å². The van der Waals surface area contributed by atoms with E-state index in [2.05, 4.69) is 11.5 Å². The molecular formula is C16H19N3O4. The summed E-state index contributed by atoms with van der Waals surface area (Å²) in [5, 5.41) is 10.8. The van der Waals surface area contributed by atoms with Gasteiger partial charge in [-0.15, -0.1) is 0 Å². The predicted molar refractivity (Wildman–Crippen MR) is 85.9 cm³/mol. The van der Waals surface area contributed by atoms with Gasteiger partial charge in [0.2, 0.25) is 0 Å². The molecule has 0 unspecified atom stereocenters. The zero-order chi connectivity index (χ0) is 17.1. The highest BCUT2D eigenvalue weighted by Gasteiger charge is 2.17. The lowest BCUT2D eigenvalue weighted by Gasteiger charge is -2.08. The number of carbonyl (C=O) groups excluding carboxylic acids is 1. The molecular weight excluding hydrogens is 298 g/mol. The summed E-state index contributed by atoms with van der Waals surface area (Å²) in [5.74, 6) is -0.233. The second kappa shape index (κ2) is 6.60. The zero-order valence-electron chi connectivity index (χ0n) is 13.4. The molecule has 0 amide bonds. The Balaban J connectivity index is 2.33. The van der Waals surface area contributed by atoms with E-state index in [1.165, 1.54) is 0 Å². The number of nitrogens with zero attached hydrogens (tertiary/aromatic N) is 3. The minimum Gasteiger partial charge on any atom is -0.348 e. The van der Waals surface area contributed by atoms with Crippen LogP contribution >= 0.6 is 0 Å². The van der Waals surface area contributed by atoms with E-state index in [1.54, 1.807) is 6.07 Å². The van der Waals surface area contributed by atoms with Crippen LogP contribution in [0.15, 0.2) is 29.2 Å². The van der Waals surface area contributed by atoms with E-state index >= 15 is 0 Å². The topological polar surface area (TPSA) is 87.1 Å². The van der Waals surface area contributed by atoms with Crippen LogP contribution in [0.2, 0.25) is 0 Å². The maximum absolute atomic E-state index is 12.5. The van der Waals surface area contributed by atoms with Crippen molar-refractivity contribution in [3.05, 3.63) is 61.8 Å². The minimum atomic E-state index is -0.590. The van der Waals surface area contributed by atoms with Crippen molar-refractivity contribution in [1.29, 1.82) is 0 Å². The summed E-state index contributed by atoms with van der Waals surface area (Å²) < 4.78 is 3.13.